The molecule has 0 spiro atoms. The quantitative estimate of drug-likeness (QED) is 0.665. The van der Waals surface area contributed by atoms with E-state index >= 15 is 0 Å². The third-order valence-electron chi connectivity index (χ3n) is 3.01. The third-order valence-corrected chi connectivity index (χ3v) is 3.01. The van der Waals surface area contributed by atoms with Crippen molar-refractivity contribution in [2.75, 3.05) is 12.4 Å². The molecule has 1 saturated carbocycles. The van der Waals surface area contributed by atoms with Gasteiger partial charge < -0.3 is 10.1 Å². The van der Waals surface area contributed by atoms with Crippen molar-refractivity contribution in [3.8, 4) is 0 Å². The molecule has 1 aromatic carbocycles. The van der Waals surface area contributed by atoms with Crippen molar-refractivity contribution >= 4 is 11.4 Å². The topological polar surface area (TPSA) is 64.4 Å². The van der Waals surface area contributed by atoms with Crippen LogP contribution in [0.15, 0.2) is 12.1 Å². The predicted octanol–water partition coefficient (Wildman–Crippen LogP) is 2.46. The van der Waals surface area contributed by atoms with Crippen LogP contribution in [0.5, 0.6) is 0 Å². The third kappa shape index (κ3) is 2.40. The minimum Gasteiger partial charge on any atom is -0.381 e. The van der Waals surface area contributed by atoms with Gasteiger partial charge in [0, 0.05) is 19.2 Å². The highest BCUT2D eigenvalue weighted by molar-refractivity contribution is 5.63. The van der Waals surface area contributed by atoms with E-state index in [2.05, 4.69) is 5.32 Å². The number of hydrogen-bond acceptors (Lipinski definition) is 4. The monoisotopic (exact) mass is 258 g/mol. The molecule has 0 heterocycles. The minimum absolute atomic E-state index is 0.0880. The first kappa shape index (κ1) is 12.7. The second-order valence-electron chi connectivity index (χ2n) is 4.21. The zero-order valence-corrected chi connectivity index (χ0v) is 9.65. The fourth-order valence-corrected chi connectivity index (χ4v) is 1.93. The summed E-state index contributed by atoms with van der Waals surface area (Å²) in [5, 5.41) is 13.5. The maximum absolute atomic E-state index is 13.5. The minimum atomic E-state index is -0.965. The second-order valence-corrected chi connectivity index (χ2v) is 4.21. The molecule has 7 heteroatoms. The molecule has 0 aliphatic heterocycles. The molecule has 0 radical (unpaired) electrons. The second kappa shape index (κ2) is 4.85. The van der Waals surface area contributed by atoms with Gasteiger partial charge in [0.15, 0.2) is 5.82 Å². The molecule has 0 atom stereocenters. The number of nitrogens with one attached hydrogen (secondary N) is 1. The van der Waals surface area contributed by atoms with E-state index < -0.39 is 22.2 Å². The summed E-state index contributed by atoms with van der Waals surface area (Å²) in [6.07, 6.45) is 1.37. The van der Waals surface area contributed by atoms with E-state index in [1.54, 1.807) is 7.11 Å². The van der Waals surface area contributed by atoms with Gasteiger partial charge in [-0.1, -0.05) is 0 Å². The van der Waals surface area contributed by atoms with Crippen LogP contribution in [-0.2, 0) is 4.74 Å². The molecule has 0 unspecified atom stereocenters. The highest BCUT2D eigenvalue weighted by Crippen LogP contribution is 2.33. The first-order chi connectivity index (χ1) is 8.51. The summed E-state index contributed by atoms with van der Waals surface area (Å²) in [5.41, 5.74) is -0.852. The molecule has 2 rings (SSSR count). The Labute approximate surface area is 102 Å². The smallest absolute Gasteiger partial charge is 0.298 e. The molecule has 1 aliphatic carbocycles. The predicted molar refractivity (Wildman–Crippen MR) is 60.5 cm³/mol. The van der Waals surface area contributed by atoms with Crippen LogP contribution in [0.3, 0.4) is 0 Å². The number of nitro benzene ring substituents is 1. The van der Waals surface area contributed by atoms with Crippen molar-refractivity contribution in [1.82, 2.24) is 0 Å². The lowest BCUT2D eigenvalue weighted by Gasteiger charge is -2.35. The standard InChI is InChI=1S/C11H12F2N2O3/c1-18-8-4-7(5-8)14-11-9(13)2-6(12)3-10(11)15(16)17/h2-3,7-8,14H,4-5H2,1H3. The molecule has 1 N–H and O–H groups in total. The van der Waals surface area contributed by atoms with Gasteiger partial charge in [-0.05, 0) is 12.8 Å². The zero-order chi connectivity index (χ0) is 13.3. The first-order valence-electron chi connectivity index (χ1n) is 5.44. The van der Waals surface area contributed by atoms with E-state index in [4.69, 9.17) is 4.74 Å². The Kier molecular flexibility index (Phi) is 3.42. The molecule has 5 nitrogen and oxygen atoms in total. The van der Waals surface area contributed by atoms with Crippen LogP contribution in [0, 0.1) is 21.7 Å². The number of methoxy groups -OCH3 is 1. The van der Waals surface area contributed by atoms with Gasteiger partial charge in [-0.3, -0.25) is 10.1 Å². The Morgan fingerprint density at radius 1 is 1.44 bits per heavy atom. The van der Waals surface area contributed by atoms with Crippen LogP contribution < -0.4 is 5.32 Å². The maximum atomic E-state index is 13.5. The lowest BCUT2D eigenvalue weighted by molar-refractivity contribution is -0.384. The number of hydrogen-bond donors (Lipinski definition) is 1. The molecule has 0 saturated heterocycles. The van der Waals surface area contributed by atoms with E-state index in [1.807, 2.05) is 0 Å². The largest absolute Gasteiger partial charge is 0.381 e. The Morgan fingerprint density at radius 2 is 2.11 bits per heavy atom. The number of nitrogens with zero attached hydrogens (tertiary/aromatic N) is 1. The Balaban J connectivity index is 2.19. The van der Waals surface area contributed by atoms with Crippen molar-refractivity contribution in [3.63, 3.8) is 0 Å². The molecule has 98 valence electrons. The van der Waals surface area contributed by atoms with Gasteiger partial charge in [0.2, 0.25) is 0 Å². The van der Waals surface area contributed by atoms with Crippen molar-refractivity contribution < 1.29 is 18.4 Å². The van der Waals surface area contributed by atoms with Gasteiger partial charge in [-0.25, -0.2) is 8.78 Å². The van der Waals surface area contributed by atoms with Crippen LogP contribution in [-0.4, -0.2) is 24.2 Å². The van der Waals surface area contributed by atoms with Crippen molar-refractivity contribution in [2.24, 2.45) is 0 Å². The van der Waals surface area contributed by atoms with Crippen molar-refractivity contribution in [2.45, 2.75) is 25.0 Å². The fourth-order valence-electron chi connectivity index (χ4n) is 1.93. The highest BCUT2D eigenvalue weighted by atomic mass is 19.1. The number of anilines is 1. The van der Waals surface area contributed by atoms with Crippen LogP contribution >= 0.6 is 0 Å². The van der Waals surface area contributed by atoms with Gasteiger partial charge in [-0.2, -0.15) is 0 Å². The van der Waals surface area contributed by atoms with E-state index in [0.29, 0.717) is 25.0 Å². The average Bonchev–Trinajstić information content (AvgIpc) is 2.24. The normalized spacial score (nSPS) is 22.4. The van der Waals surface area contributed by atoms with Gasteiger partial charge in [0.05, 0.1) is 17.1 Å². The summed E-state index contributed by atoms with van der Waals surface area (Å²) in [6.45, 7) is 0. The lowest BCUT2D eigenvalue weighted by Crippen LogP contribution is -2.40. The molecule has 0 amide bonds. The molecular formula is C11H12F2N2O3. The van der Waals surface area contributed by atoms with Crippen LogP contribution in [0.25, 0.3) is 0 Å². The Bertz CT molecular complexity index is 476. The molecule has 18 heavy (non-hydrogen) atoms. The molecule has 0 bridgehead atoms. The Morgan fingerprint density at radius 3 is 2.67 bits per heavy atom. The summed E-state index contributed by atoms with van der Waals surface area (Å²) in [7, 11) is 1.57. The number of benzene rings is 1. The summed E-state index contributed by atoms with van der Waals surface area (Å²) < 4.78 is 31.5. The summed E-state index contributed by atoms with van der Waals surface area (Å²) >= 11 is 0. The zero-order valence-electron chi connectivity index (χ0n) is 9.65. The lowest BCUT2D eigenvalue weighted by atomic mass is 9.89. The summed E-state index contributed by atoms with van der Waals surface area (Å²) in [5.74, 6) is -1.92. The van der Waals surface area contributed by atoms with E-state index in [-0.39, 0.29) is 17.8 Å². The van der Waals surface area contributed by atoms with E-state index in [1.165, 1.54) is 0 Å². The summed E-state index contributed by atoms with van der Waals surface area (Å²) in [6, 6.07) is 1.24. The molecule has 1 aliphatic rings. The van der Waals surface area contributed by atoms with E-state index in [9.17, 15) is 18.9 Å². The number of halogens is 2. The number of ether oxygens (including phenoxy) is 1. The SMILES string of the molecule is COC1CC(Nc2c(F)cc(F)cc2[N+](=O)[O-])C1. The Hall–Kier alpha value is -1.76. The average molecular weight is 258 g/mol. The fraction of sp³-hybridized carbons (Fsp3) is 0.455. The van der Waals surface area contributed by atoms with Gasteiger partial charge >= 0.3 is 0 Å². The molecule has 1 fully saturated rings. The summed E-state index contributed by atoms with van der Waals surface area (Å²) in [4.78, 5) is 9.94. The molecule has 1 aromatic rings. The maximum Gasteiger partial charge on any atom is 0.298 e. The van der Waals surface area contributed by atoms with E-state index in [0.717, 1.165) is 0 Å². The van der Waals surface area contributed by atoms with Crippen molar-refractivity contribution in [3.05, 3.63) is 33.9 Å². The molecular weight excluding hydrogens is 246 g/mol. The molecule has 0 aromatic heterocycles. The highest BCUT2D eigenvalue weighted by Gasteiger charge is 2.32. The number of nitro groups is 1. The van der Waals surface area contributed by atoms with Crippen LogP contribution in [0.1, 0.15) is 12.8 Å². The van der Waals surface area contributed by atoms with Gasteiger partial charge in [-0.15, -0.1) is 0 Å². The first-order valence-corrected chi connectivity index (χ1v) is 5.44. The van der Waals surface area contributed by atoms with Crippen LogP contribution in [0.4, 0.5) is 20.2 Å². The van der Waals surface area contributed by atoms with Gasteiger partial charge in [0.1, 0.15) is 11.5 Å². The van der Waals surface area contributed by atoms with Crippen molar-refractivity contribution in [1.29, 1.82) is 0 Å². The van der Waals surface area contributed by atoms with Gasteiger partial charge in [0.25, 0.3) is 5.69 Å². The van der Waals surface area contributed by atoms with Crippen LogP contribution in [0.2, 0.25) is 0 Å². The number of rotatable bonds is 4.